The standard InChI is InChI=1S/C13H15BrN4O2S/c1-20-7-6-18-9-15-17-13(18)21-8-12(19)16-11-5-3-2-4-10(11)14/h2-5,9H,6-8H2,1H3,(H,16,19). The molecule has 1 aromatic heterocycles. The molecule has 1 heterocycles. The molecule has 1 amide bonds. The molecule has 0 saturated carbocycles. The maximum absolute atomic E-state index is 12.0. The van der Waals surface area contributed by atoms with Crippen LogP contribution in [0.5, 0.6) is 0 Å². The number of nitrogens with zero attached hydrogens (tertiary/aromatic N) is 3. The van der Waals surface area contributed by atoms with Crippen molar-refractivity contribution < 1.29 is 9.53 Å². The predicted octanol–water partition coefficient (Wildman–Crippen LogP) is 2.42. The highest BCUT2D eigenvalue weighted by Gasteiger charge is 2.10. The smallest absolute Gasteiger partial charge is 0.234 e. The van der Waals surface area contributed by atoms with Crippen LogP contribution in [-0.2, 0) is 16.1 Å². The Kier molecular flexibility index (Phi) is 6.21. The van der Waals surface area contributed by atoms with Crippen molar-refractivity contribution in [1.29, 1.82) is 0 Å². The van der Waals surface area contributed by atoms with Crippen LogP contribution in [-0.4, -0.2) is 40.1 Å². The molecular formula is C13H15BrN4O2S. The minimum Gasteiger partial charge on any atom is -0.383 e. The Labute approximate surface area is 135 Å². The molecule has 0 fully saturated rings. The van der Waals surface area contributed by atoms with E-state index in [1.165, 1.54) is 11.8 Å². The second-order valence-electron chi connectivity index (χ2n) is 4.12. The van der Waals surface area contributed by atoms with Gasteiger partial charge < -0.3 is 14.6 Å². The first-order valence-corrected chi connectivity index (χ1v) is 8.02. The van der Waals surface area contributed by atoms with Gasteiger partial charge in [-0.1, -0.05) is 23.9 Å². The third-order valence-electron chi connectivity index (χ3n) is 2.60. The quantitative estimate of drug-likeness (QED) is 0.757. The van der Waals surface area contributed by atoms with Crippen molar-refractivity contribution in [3.05, 3.63) is 35.1 Å². The van der Waals surface area contributed by atoms with Crippen molar-refractivity contribution in [3.63, 3.8) is 0 Å². The fourth-order valence-corrected chi connectivity index (χ4v) is 2.70. The summed E-state index contributed by atoms with van der Waals surface area (Å²) in [4.78, 5) is 12.0. The van der Waals surface area contributed by atoms with Gasteiger partial charge in [0.25, 0.3) is 0 Å². The van der Waals surface area contributed by atoms with Gasteiger partial charge in [-0.25, -0.2) is 0 Å². The Hall–Kier alpha value is -1.38. The van der Waals surface area contributed by atoms with Gasteiger partial charge in [-0.3, -0.25) is 4.79 Å². The summed E-state index contributed by atoms with van der Waals surface area (Å²) in [6.45, 7) is 1.24. The lowest BCUT2D eigenvalue weighted by Gasteiger charge is -2.07. The van der Waals surface area contributed by atoms with E-state index < -0.39 is 0 Å². The van der Waals surface area contributed by atoms with E-state index in [0.717, 1.165) is 10.2 Å². The summed E-state index contributed by atoms with van der Waals surface area (Å²) in [7, 11) is 1.64. The first-order valence-electron chi connectivity index (χ1n) is 6.24. The lowest BCUT2D eigenvalue weighted by atomic mass is 10.3. The monoisotopic (exact) mass is 370 g/mol. The number of aromatic nitrogens is 3. The van der Waals surface area contributed by atoms with Gasteiger partial charge in [0, 0.05) is 18.1 Å². The van der Waals surface area contributed by atoms with Crippen LogP contribution in [0.25, 0.3) is 0 Å². The Balaban J connectivity index is 1.87. The molecule has 2 rings (SSSR count). The third kappa shape index (κ3) is 4.83. The molecule has 1 aromatic carbocycles. The largest absolute Gasteiger partial charge is 0.383 e. The van der Waals surface area contributed by atoms with E-state index in [1.807, 2.05) is 28.8 Å². The van der Waals surface area contributed by atoms with Crippen LogP contribution in [0.1, 0.15) is 0 Å². The molecule has 0 aliphatic rings. The number of thioether (sulfide) groups is 1. The molecule has 0 atom stereocenters. The van der Waals surface area contributed by atoms with Crippen LogP contribution in [0, 0.1) is 0 Å². The van der Waals surface area contributed by atoms with Gasteiger partial charge in [-0.05, 0) is 28.1 Å². The summed E-state index contributed by atoms with van der Waals surface area (Å²) in [6.07, 6.45) is 1.63. The molecule has 0 aliphatic heterocycles. The number of methoxy groups -OCH3 is 1. The van der Waals surface area contributed by atoms with Crippen molar-refractivity contribution in [3.8, 4) is 0 Å². The lowest BCUT2D eigenvalue weighted by molar-refractivity contribution is -0.113. The molecule has 6 nitrogen and oxygen atoms in total. The first kappa shape index (κ1) is 16.0. The number of nitrogens with one attached hydrogen (secondary N) is 1. The van der Waals surface area contributed by atoms with E-state index >= 15 is 0 Å². The fraction of sp³-hybridized carbons (Fsp3) is 0.308. The number of hydrogen-bond acceptors (Lipinski definition) is 5. The first-order chi connectivity index (χ1) is 10.2. The summed E-state index contributed by atoms with van der Waals surface area (Å²) in [5.41, 5.74) is 0.754. The van der Waals surface area contributed by atoms with E-state index in [4.69, 9.17) is 4.74 Å². The Morgan fingerprint density at radius 2 is 2.29 bits per heavy atom. The van der Waals surface area contributed by atoms with Crippen LogP contribution >= 0.6 is 27.7 Å². The molecule has 2 aromatic rings. The Bertz CT molecular complexity index is 605. The topological polar surface area (TPSA) is 69.0 Å². The third-order valence-corrected chi connectivity index (χ3v) is 4.27. The van der Waals surface area contributed by atoms with Crippen molar-refractivity contribution in [2.45, 2.75) is 11.7 Å². The normalized spacial score (nSPS) is 10.6. The molecule has 8 heteroatoms. The van der Waals surface area contributed by atoms with Crippen molar-refractivity contribution in [2.24, 2.45) is 0 Å². The second kappa shape index (κ2) is 8.16. The van der Waals surface area contributed by atoms with Gasteiger partial charge in [-0.2, -0.15) is 0 Å². The Morgan fingerprint density at radius 1 is 1.48 bits per heavy atom. The molecule has 0 spiro atoms. The molecule has 0 bridgehead atoms. The van der Waals surface area contributed by atoms with E-state index in [0.29, 0.717) is 18.3 Å². The molecule has 0 radical (unpaired) electrons. The van der Waals surface area contributed by atoms with Crippen molar-refractivity contribution in [1.82, 2.24) is 14.8 Å². The van der Waals surface area contributed by atoms with Crippen molar-refractivity contribution >= 4 is 39.3 Å². The molecule has 112 valence electrons. The number of halogens is 1. The SMILES string of the molecule is COCCn1cnnc1SCC(=O)Nc1ccccc1Br. The van der Waals surface area contributed by atoms with Crippen LogP contribution in [0.15, 0.2) is 40.2 Å². The maximum Gasteiger partial charge on any atom is 0.234 e. The summed E-state index contributed by atoms with van der Waals surface area (Å²) in [5.74, 6) is 0.181. The van der Waals surface area contributed by atoms with Crippen LogP contribution in [0.3, 0.4) is 0 Å². The van der Waals surface area contributed by atoms with Crippen LogP contribution < -0.4 is 5.32 Å². The van der Waals surface area contributed by atoms with Gasteiger partial charge in [-0.15, -0.1) is 10.2 Å². The molecule has 0 aliphatic carbocycles. The van der Waals surface area contributed by atoms with Crippen LogP contribution in [0.2, 0.25) is 0 Å². The average molecular weight is 371 g/mol. The van der Waals surface area contributed by atoms with E-state index in [-0.39, 0.29) is 11.7 Å². The molecule has 0 unspecified atom stereocenters. The number of hydrogen-bond donors (Lipinski definition) is 1. The fourth-order valence-electron chi connectivity index (χ4n) is 1.58. The summed E-state index contributed by atoms with van der Waals surface area (Å²) in [5, 5.41) is 11.4. The molecule has 21 heavy (non-hydrogen) atoms. The number of anilines is 1. The summed E-state index contributed by atoms with van der Waals surface area (Å²) < 4.78 is 7.73. The molecule has 1 N–H and O–H groups in total. The average Bonchev–Trinajstić information content (AvgIpc) is 2.93. The van der Waals surface area contributed by atoms with E-state index in [1.54, 1.807) is 13.4 Å². The Morgan fingerprint density at radius 3 is 3.05 bits per heavy atom. The summed E-state index contributed by atoms with van der Waals surface area (Å²) in [6, 6.07) is 7.49. The van der Waals surface area contributed by atoms with E-state index in [9.17, 15) is 4.79 Å². The van der Waals surface area contributed by atoms with Crippen molar-refractivity contribution in [2.75, 3.05) is 24.8 Å². The lowest BCUT2D eigenvalue weighted by Crippen LogP contribution is -2.15. The van der Waals surface area contributed by atoms with Gasteiger partial charge >= 0.3 is 0 Å². The zero-order valence-corrected chi connectivity index (χ0v) is 13.9. The maximum atomic E-state index is 12.0. The zero-order chi connectivity index (χ0) is 15.1. The molecular weight excluding hydrogens is 356 g/mol. The molecule has 0 saturated heterocycles. The second-order valence-corrected chi connectivity index (χ2v) is 5.91. The van der Waals surface area contributed by atoms with Crippen LogP contribution in [0.4, 0.5) is 5.69 Å². The number of carbonyl (C=O) groups is 1. The summed E-state index contributed by atoms with van der Waals surface area (Å²) >= 11 is 4.74. The predicted molar refractivity (Wildman–Crippen MR) is 85.4 cm³/mol. The number of amides is 1. The zero-order valence-electron chi connectivity index (χ0n) is 11.5. The highest BCUT2D eigenvalue weighted by atomic mass is 79.9. The van der Waals surface area contributed by atoms with Gasteiger partial charge in [0.1, 0.15) is 6.33 Å². The minimum atomic E-state index is -0.0896. The van der Waals surface area contributed by atoms with Gasteiger partial charge in [0.2, 0.25) is 5.91 Å². The van der Waals surface area contributed by atoms with E-state index in [2.05, 4.69) is 31.4 Å². The highest BCUT2D eigenvalue weighted by molar-refractivity contribution is 9.10. The minimum absolute atomic E-state index is 0.0896. The van der Waals surface area contributed by atoms with Gasteiger partial charge in [0.15, 0.2) is 5.16 Å². The number of para-hydroxylation sites is 1. The number of rotatable bonds is 7. The highest BCUT2D eigenvalue weighted by Crippen LogP contribution is 2.22. The van der Waals surface area contributed by atoms with Gasteiger partial charge in [0.05, 0.1) is 18.0 Å². The number of ether oxygens (including phenoxy) is 1. The number of benzene rings is 1. The number of carbonyl (C=O) groups excluding carboxylic acids is 1.